The molecule has 58 heavy (non-hydrogen) atoms. The Morgan fingerprint density at radius 1 is 0.328 bits per heavy atom. The van der Waals surface area contributed by atoms with E-state index in [-0.39, 0.29) is 31.1 Å². The van der Waals surface area contributed by atoms with Crippen molar-refractivity contribution < 1.29 is 28.6 Å². The van der Waals surface area contributed by atoms with Crippen molar-refractivity contribution in [2.75, 3.05) is 13.2 Å². The molecule has 0 unspecified atom stereocenters. The van der Waals surface area contributed by atoms with E-state index in [9.17, 15) is 14.4 Å². The standard InChI is InChI=1S/C52H100O6/c1-5-7-9-11-13-14-15-16-18-23-26-29-33-37-41-45-52(55)58-49(46-56-50(53)43-39-35-30-12-10-8-6-2)47-57-51(54)44-40-36-32-28-25-22-20-17-19-21-24-27-31-34-38-42-48(3)4/h48-49H,5-47H2,1-4H3/t49-/m1/s1. The van der Waals surface area contributed by atoms with Gasteiger partial charge >= 0.3 is 17.9 Å². The molecule has 0 aliphatic rings. The highest BCUT2D eigenvalue weighted by molar-refractivity contribution is 5.71. The maximum Gasteiger partial charge on any atom is 0.306 e. The molecule has 0 amide bonds. The maximum atomic E-state index is 12.7. The minimum absolute atomic E-state index is 0.0631. The molecule has 0 aliphatic carbocycles. The van der Waals surface area contributed by atoms with Gasteiger partial charge < -0.3 is 14.2 Å². The molecule has 6 heteroatoms. The molecule has 0 radical (unpaired) electrons. The Morgan fingerprint density at radius 3 is 0.845 bits per heavy atom. The highest BCUT2D eigenvalue weighted by atomic mass is 16.6. The van der Waals surface area contributed by atoms with Gasteiger partial charge in [-0.15, -0.1) is 0 Å². The van der Waals surface area contributed by atoms with E-state index in [4.69, 9.17) is 14.2 Å². The van der Waals surface area contributed by atoms with E-state index in [1.165, 1.54) is 186 Å². The number of hydrogen-bond acceptors (Lipinski definition) is 6. The molecule has 0 aromatic heterocycles. The van der Waals surface area contributed by atoms with Crippen molar-refractivity contribution in [2.45, 2.75) is 297 Å². The van der Waals surface area contributed by atoms with E-state index in [1.54, 1.807) is 0 Å². The average Bonchev–Trinajstić information content (AvgIpc) is 3.21. The first-order valence-corrected chi connectivity index (χ1v) is 25.9. The van der Waals surface area contributed by atoms with Gasteiger partial charge in [0.15, 0.2) is 6.10 Å². The number of ether oxygens (including phenoxy) is 3. The summed E-state index contributed by atoms with van der Waals surface area (Å²) in [5.74, 6) is -0.00152. The van der Waals surface area contributed by atoms with Gasteiger partial charge in [0.25, 0.3) is 0 Å². The van der Waals surface area contributed by atoms with Crippen molar-refractivity contribution in [3.63, 3.8) is 0 Å². The van der Waals surface area contributed by atoms with Crippen molar-refractivity contribution in [2.24, 2.45) is 5.92 Å². The molecule has 0 rings (SSSR count). The zero-order valence-electron chi connectivity index (χ0n) is 39.5. The number of carbonyl (C=O) groups is 3. The summed E-state index contributed by atoms with van der Waals surface area (Å²) in [4.78, 5) is 37.8. The summed E-state index contributed by atoms with van der Waals surface area (Å²) in [6.07, 6.45) is 48.1. The van der Waals surface area contributed by atoms with Crippen molar-refractivity contribution >= 4 is 17.9 Å². The molecule has 0 spiro atoms. The van der Waals surface area contributed by atoms with Crippen LogP contribution in [0.15, 0.2) is 0 Å². The van der Waals surface area contributed by atoms with Crippen LogP contribution in [-0.4, -0.2) is 37.2 Å². The molecular weight excluding hydrogens is 721 g/mol. The second-order valence-electron chi connectivity index (χ2n) is 18.3. The first kappa shape index (κ1) is 56.4. The smallest absolute Gasteiger partial charge is 0.306 e. The number of esters is 3. The van der Waals surface area contributed by atoms with Gasteiger partial charge in [0, 0.05) is 19.3 Å². The van der Waals surface area contributed by atoms with E-state index in [0.717, 1.165) is 63.7 Å². The van der Waals surface area contributed by atoms with Gasteiger partial charge in [-0.2, -0.15) is 0 Å². The first-order chi connectivity index (χ1) is 28.4. The zero-order valence-corrected chi connectivity index (χ0v) is 39.5. The van der Waals surface area contributed by atoms with Crippen molar-refractivity contribution in [3.05, 3.63) is 0 Å². The van der Waals surface area contributed by atoms with Crippen LogP contribution < -0.4 is 0 Å². The Kier molecular flexibility index (Phi) is 45.2. The first-order valence-electron chi connectivity index (χ1n) is 25.9. The van der Waals surface area contributed by atoms with Crippen LogP contribution in [0.25, 0.3) is 0 Å². The Balaban J connectivity index is 4.18. The van der Waals surface area contributed by atoms with Gasteiger partial charge in [-0.1, -0.05) is 252 Å². The molecule has 1 atom stereocenters. The lowest BCUT2D eigenvalue weighted by molar-refractivity contribution is -0.167. The lowest BCUT2D eigenvalue weighted by Gasteiger charge is -2.18. The normalized spacial score (nSPS) is 11.9. The molecule has 0 fully saturated rings. The summed E-state index contributed by atoms with van der Waals surface area (Å²) in [5.41, 5.74) is 0. The average molecular weight is 821 g/mol. The Morgan fingerprint density at radius 2 is 0.569 bits per heavy atom. The SMILES string of the molecule is CCCCCCCCCCCCCCCCCC(=O)O[C@H](COC(=O)CCCCCCCCC)COC(=O)CCCCCCCCCCCCCCCCCC(C)C. The lowest BCUT2D eigenvalue weighted by Crippen LogP contribution is -2.30. The van der Waals surface area contributed by atoms with Gasteiger partial charge in [-0.3, -0.25) is 14.4 Å². The topological polar surface area (TPSA) is 78.9 Å². The van der Waals surface area contributed by atoms with E-state index < -0.39 is 6.10 Å². The predicted octanol–water partition coefficient (Wildman–Crippen LogP) is 16.7. The van der Waals surface area contributed by atoms with Gasteiger partial charge in [0.05, 0.1) is 0 Å². The quantitative estimate of drug-likeness (QED) is 0.0346. The minimum Gasteiger partial charge on any atom is -0.462 e. The van der Waals surface area contributed by atoms with Gasteiger partial charge in [0.1, 0.15) is 13.2 Å². The second kappa shape index (κ2) is 46.5. The van der Waals surface area contributed by atoms with Crippen LogP contribution >= 0.6 is 0 Å². The fourth-order valence-electron chi connectivity index (χ4n) is 7.86. The number of hydrogen-bond donors (Lipinski definition) is 0. The fraction of sp³-hybridized carbons (Fsp3) is 0.942. The van der Waals surface area contributed by atoms with E-state index in [1.807, 2.05) is 0 Å². The van der Waals surface area contributed by atoms with Crippen LogP contribution in [0, 0.1) is 5.92 Å². The number of rotatable bonds is 47. The molecule has 0 heterocycles. The van der Waals surface area contributed by atoms with Crippen LogP contribution in [0.3, 0.4) is 0 Å². The van der Waals surface area contributed by atoms with Gasteiger partial charge in [-0.25, -0.2) is 0 Å². The maximum absolute atomic E-state index is 12.7. The predicted molar refractivity (Wildman–Crippen MR) is 247 cm³/mol. The molecular formula is C52H100O6. The molecule has 6 nitrogen and oxygen atoms in total. The van der Waals surface area contributed by atoms with Crippen LogP contribution in [0.4, 0.5) is 0 Å². The van der Waals surface area contributed by atoms with E-state index in [0.29, 0.717) is 19.3 Å². The highest BCUT2D eigenvalue weighted by Crippen LogP contribution is 2.17. The summed E-state index contributed by atoms with van der Waals surface area (Å²) in [5, 5.41) is 0. The van der Waals surface area contributed by atoms with Gasteiger partial charge in [-0.05, 0) is 25.2 Å². The summed E-state index contributed by atoms with van der Waals surface area (Å²) >= 11 is 0. The van der Waals surface area contributed by atoms with Crippen LogP contribution in [0.5, 0.6) is 0 Å². The molecule has 0 aromatic carbocycles. The number of unbranched alkanes of at least 4 members (excludes halogenated alkanes) is 34. The minimum atomic E-state index is -0.759. The third kappa shape index (κ3) is 45.5. The second-order valence-corrected chi connectivity index (χ2v) is 18.3. The summed E-state index contributed by atoms with van der Waals surface area (Å²) in [7, 11) is 0. The van der Waals surface area contributed by atoms with E-state index in [2.05, 4.69) is 27.7 Å². The van der Waals surface area contributed by atoms with Crippen LogP contribution in [0.1, 0.15) is 291 Å². The fourth-order valence-corrected chi connectivity index (χ4v) is 7.86. The van der Waals surface area contributed by atoms with E-state index >= 15 is 0 Å². The lowest BCUT2D eigenvalue weighted by atomic mass is 10.0. The zero-order chi connectivity index (χ0) is 42.4. The van der Waals surface area contributed by atoms with Crippen LogP contribution in [0.2, 0.25) is 0 Å². The van der Waals surface area contributed by atoms with Gasteiger partial charge in [0.2, 0.25) is 0 Å². The van der Waals surface area contributed by atoms with Crippen LogP contribution in [-0.2, 0) is 28.6 Å². The number of carbonyl (C=O) groups excluding carboxylic acids is 3. The van der Waals surface area contributed by atoms with Crippen molar-refractivity contribution in [1.29, 1.82) is 0 Å². The summed E-state index contributed by atoms with van der Waals surface area (Å²) < 4.78 is 16.7. The summed E-state index contributed by atoms with van der Waals surface area (Å²) in [6, 6.07) is 0. The molecule has 0 bridgehead atoms. The Bertz CT molecular complexity index is 872. The molecule has 0 saturated carbocycles. The third-order valence-corrected chi connectivity index (χ3v) is 11.8. The Hall–Kier alpha value is -1.59. The van der Waals surface area contributed by atoms with Crippen molar-refractivity contribution in [1.82, 2.24) is 0 Å². The molecule has 0 saturated heterocycles. The summed E-state index contributed by atoms with van der Waals surface area (Å²) in [6.45, 7) is 9.00. The third-order valence-electron chi connectivity index (χ3n) is 11.8. The monoisotopic (exact) mass is 821 g/mol. The molecule has 0 aromatic rings. The molecule has 0 N–H and O–H groups in total. The largest absolute Gasteiger partial charge is 0.462 e. The Labute approximate surface area is 361 Å². The highest BCUT2D eigenvalue weighted by Gasteiger charge is 2.19. The molecule has 0 aliphatic heterocycles. The van der Waals surface area contributed by atoms with Crippen molar-refractivity contribution in [3.8, 4) is 0 Å². The molecule has 344 valence electrons.